The number of fused-ring (bicyclic) bond motifs is 1. The molecule has 2 aromatic rings. The van der Waals surface area contributed by atoms with Crippen molar-refractivity contribution in [3.05, 3.63) is 35.5 Å². The molecule has 0 saturated carbocycles. The van der Waals surface area contributed by atoms with Crippen LogP contribution < -0.4 is 5.73 Å². The molecule has 0 radical (unpaired) electrons. The number of amides is 2. The second-order valence-electron chi connectivity index (χ2n) is 5.26. The van der Waals surface area contributed by atoms with E-state index in [1.165, 1.54) is 0 Å². The highest BCUT2D eigenvalue weighted by Crippen LogP contribution is 2.25. The number of aromatic nitrogens is 1. The van der Waals surface area contributed by atoms with Crippen LogP contribution >= 0.6 is 11.6 Å². The largest absolute Gasteiger partial charge is 0.368 e. The van der Waals surface area contributed by atoms with Crippen LogP contribution in [0.15, 0.2) is 30.5 Å². The van der Waals surface area contributed by atoms with Gasteiger partial charge in [-0.1, -0.05) is 17.7 Å². The van der Waals surface area contributed by atoms with Gasteiger partial charge in [-0.05, 0) is 31.0 Å². The van der Waals surface area contributed by atoms with E-state index in [1.54, 1.807) is 4.90 Å². The van der Waals surface area contributed by atoms with Crippen LogP contribution in [0.5, 0.6) is 0 Å². The van der Waals surface area contributed by atoms with Crippen molar-refractivity contribution in [1.29, 1.82) is 0 Å². The van der Waals surface area contributed by atoms with Crippen molar-refractivity contribution in [2.75, 3.05) is 6.54 Å². The molecule has 1 aliphatic rings. The Morgan fingerprint density at radius 3 is 2.90 bits per heavy atom. The van der Waals surface area contributed by atoms with E-state index < -0.39 is 11.9 Å². The van der Waals surface area contributed by atoms with Crippen molar-refractivity contribution in [2.24, 2.45) is 5.73 Å². The van der Waals surface area contributed by atoms with Crippen molar-refractivity contribution in [2.45, 2.75) is 25.4 Å². The number of carbonyl (C=O) groups is 2. The van der Waals surface area contributed by atoms with Crippen molar-refractivity contribution in [3.8, 4) is 0 Å². The fraction of sp³-hybridized carbons (Fsp3) is 0.333. The highest BCUT2D eigenvalue weighted by molar-refractivity contribution is 6.35. The van der Waals surface area contributed by atoms with Crippen molar-refractivity contribution >= 4 is 34.3 Å². The molecule has 0 aliphatic carbocycles. The summed E-state index contributed by atoms with van der Waals surface area (Å²) in [5.41, 5.74) is 6.26. The number of carbonyl (C=O) groups excluding carboxylic acids is 2. The lowest BCUT2D eigenvalue weighted by Crippen LogP contribution is -2.44. The summed E-state index contributed by atoms with van der Waals surface area (Å²) < 4.78 is 1.85. The predicted molar refractivity (Wildman–Crippen MR) is 80.9 cm³/mol. The van der Waals surface area contributed by atoms with Gasteiger partial charge in [-0.25, -0.2) is 0 Å². The average molecular weight is 306 g/mol. The minimum Gasteiger partial charge on any atom is -0.368 e. The molecule has 1 fully saturated rings. The summed E-state index contributed by atoms with van der Waals surface area (Å²) in [6.45, 7) is 0.778. The molecule has 2 heterocycles. The lowest BCUT2D eigenvalue weighted by atomic mass is 10.2. The maximum absolute atomic E-state index is 12.4. The van der Waals surface area contributed by atoms with Gasteiger partial charge in [0, 0.05) is 28.7 Å². The molecular weight excluding hydrogens is 290 g/mol. The molecule has 1 atom stereocenters. The van der Waals surface area contributed by atoms with Crippen molar-refractivity contribution in [3.63, 3.8) is 0 Å². The van der Waals surface area contributed by atoms with Gasteiger partial charge in [0.1, 0.15) is 12.6 Å². The number of hydrogen-bond donors (Lipinski definition) is 1. The zero-order valence-electron chi connectivity index (χ0n) is 11.5. The third-order valence-electron chi connectivity index (χ3n) is 3.97. The molecule has 21 heavy (non-hydrogen) atoms. The Labute approximate surface area is 127 Å². The van der Waals surface area contributed by atoms with Crippen LogP contribution in [0.4, 0.5) is 0 Å². The Morgan fingerprint density at radius 1 is 1.33 bits per heavy atom. The molecule has 1 aromatic heterocycles. The number of nitrogens with zero attached hydrogens (tertiary/aromatic N) is 2. The summed E-state index contributed by atoms with van der Waals surface area (Å²) in [6.07, 6.45) is 3.31. The molecular formula is C15H16ClN3O2. The molecule has 1 aliphatic heterocycles. The van der Waals surface area contributed by atoms with E-state index in [9.17, 15) is 9.59 Å². The molecule has 1 saturated heterocycles. The second-order valence-corrected chi connectivity index (χ2v) is 5.67. The molecule has 110 valence electrons. The quantitative estimate of drug-likeness (QED) is 0.939. The lowest BCUT2D eigenvalue weighted by Gasteiger charge is -2.22. The van der Waals surface area contributed by atoms with E-state index in [1.807, 2.05) is 35.0 Å². The molecule has 1 aromatic carbocycles. The normalized spacial score (nSPS) is 18.3. The first-order valence-electron chi connectivity index (χ1n) is 6.90. The summed E-state index contributed by atoms with van der Waals surface area (Å²) in [5.74, 6) is -0.518. The number of hydrogen-bond acceptors (Lipinski definition) is 2. The van der Waals surface area contributed by atoms with E-state index in [-0.39, 0.29) is 12.5 Å². The summed E-state index contributed by atoms with van der Waals surface area (Å²) in [7, 11) is 0. The zero-order valence-corrected chi connectivity index (χ0v) is 12.2. The van der Waals surface area contributed by atoms with E-state index in [4.69, 9.17) is 17.3 Å². The Bertz CT molecular complexity index is 710. The van der Waals surface area contributed by atoms with Crippen LogP contribution in [0.3, 0.4) is 0 Å². The van der Waals surface area contributed by atoms with E-state index in [2.05, 4.69) is 0 Å². The highest BCUT2D eigenvalue weighted by atomic mass is 35.5. The number of nitrogens with two attached hydrogens (primary N) is 1. The Balaban J connectivity index is 1.84. The molecule has 0 bridgehead atoms. The average Bonchev–Trinajstić information content (AvgIpc) is 3.06. The van der Waals surface area contributed by atoms with Crippen LogP contribution in [0.2, 0.25) is 5.02 Å². The molecule has 3 rings (SSSR count). The topological polar surface area (TPSA) is 68.3 Å². The van der Waals surface area contributed by atoms with Gasteiger partial charge in [0.25, 0.3) is 0 Å². The van der Waals surface area contributed by atoms with Crippen LogP contribution in [-0.4, -0.2) is 33.9 Å². The predicted octanol–water partition coefficient (Wildman–Crippen LogP) is 1.77. The van der Waals surface area contributed by atoms with Gasteiger partial charge in [0.2, 0.25) is 11.8 Å². The molecule has 0 spiro atoms. The van der Waals surface area contributed by atoms with Gasteiger partial charge in [-0.15, -0.1) is 0 Å². The van der Waals surface area contributed by atoms with Crippen LogP contribution in [0, 0.1) is 0 Å². The third-order valence-corrected chi connectivity index (χ3v) is 4.30. The zero-order chi connectivity index (χ0) is 15.0. The lowest BCUT2D eigenvalue weighted by molar-refractivity contribution is -0.137. The Morgan fingerprint density at radius 2 is 2.14 bits per heavy atom. The van der Waals surface area contributed by atoms with Gasteiger partial charge in [-0.3, -0.25) is 9.59 Å². The van der Waals surface area contributed by atoms with Crippen molar-refractivity contribution < 1.29 is 9.59 Å². The maximum atomic E-state index is 12.4. The van der Waals surface area contributed by atoms with Crippen LogP contribution in [-0.2, 0) is 16.1 Å². The van der Waals surface area contributed by atoms with E-state index in [0.717, 1.165) is 17.3 Å². The number of likely N-dealkylation sites (tertiary alicyclic amines) is 1. The first kappa shape index (κ1) is 13.9. The fourth-order valence-electron chi connectivity index (χ4n) is 2.92. The first-order valence-corrected chi connectivity index (χ1v) is 7.28. The second kappa shape index (κ2) is 5.41. The standard InChI is InChI=1S/C15H16ClN3O2/c16-11-3-1-4-12-10(11)6-8-18(12)9-14(20)19-7-2-5-13(19)15(17)21/h1,3-4,6,8,13H,2,5,7,9H2,(H2,17,21)/t13-/m0/s1. The van der Waals surface area contributed by atoms with Gasteiger partial charge in [0.15, 0.2) is 0 Å². The number of rotatable bonds is 3. The summed E-state index contributed by atoms with van der Waals surface area (Å²) in [4.78, 5) is 25.4. The third kappa shape index (κ3) is 2.49. The summed E-state index contributed by atoms with van der Waals surface area (Å²) in [6, 6.07) is 7.01. The van der Waals surface area contributed by atoms with Crippen LogP contribution in [0.25, 0.3) is 10.9 Å². The minimum atomic E-state index is -0.470. The SMILES string of the molecule is NC(=O)[C@@H]1CCCN1C(=O)Cn1ccc2c(Cl)cccc21. The van der Waals surface area contributed by atoms with Crippen LogP contribution in [0.1, 0.15) is 12.8 Å². The number of halogens is 1. The van der Waals surface area contributed by atoms with Gasteiger partial charge in [0.05, 0.1) is 0 Å². The smallest absolute Gasteiger partial charge is 0.243 e. The Hall–Kier alpha value is -2.01. The maximum Gasteiger partial charge on any atom is 0.243 e. The number of primary amides is 1. The fourth-order valence-corrected chi connectivity index (χ4v) is 3.15. The molecule has 2 amide bonds. The Kier molecular flexibility index (Phi) is 3.59. The van der Waals surface area contributed by atoms with Gasteiger partial charge < -0.3 is 15.2 Å². The summed E-state index contributed by atoms with van der Waals surface area (Å²) in [5, 5.41) is 1.58. The van der Waals surface area contributed by atoms with Gasteiger partial charge in [-0.2, -0.15) is 0 Å². The van der Waals surface area contributed by atoms with E-state index >= 15 is 0 Å². The van der Waals surface area contributed by atoms with Gasteiger partial charge >= 0.3 is 0 Å². The monoisotopic (exact) mass is 305 g/mol. The molecule has 6 heteroatoms. The summed E-state index contributed by atoms with van der Waals surface area (Å²) >= 11 is 6.13. The highest BCUT2D eigenvalue weighted by Gasteiger charge is 2.32. The van der Waals surface area contributed by atoms with E-state index in [0.29, 0.717) is 18.0 Å². The minimum absolute atomic E-state index is 0.0891. The first-order chi connectivity index (χ1) is 10.1. The molecule has 2 N–H and O–H groups in total. The van der Waals surface area contributed by atoms with Crippen molar-refractivity contribution in [1.82, 2.24) is 9.47 Å². The molecule has 0 unspecified atom stereocenters. The number of benzene rings is 1. The molecule has 5 nitrogen and oxygen atoms in total.